The summed E-state index contributed by atoms with van der Waals surface area (Å²) in [5, 5.41) is 2.51. The number of fused-ring (bicyclic) bond motifs is 4. The third-order valence-corrected chi connectivity index (χ3v) is 12.3. The quantitative estimate of drug-likeness (QED) is 0.162. The molecule has 278 valence electrons. The first kappa shape index (κ1) is 34.8. The summed E-state index contributed by atoms with van der Waals surface area (Å²) in [6.07, 6.45) is 8.91. The van der Waals surface area contributed by atoms with Crippen LogP contribution in [0.1, 0.15) is 29.5 Å². The van der Waals surface area contributed by atoms with Crippen LogP contribution in [-0.4, -0.2) is 9.97 Å². The summed E-state index contributed by atoms with van der Waals surface area (Å²) < 4.78 is 0. The lowest BCUT2D eigenvalue weighted by Crippen LogP contribution is -2.30. The normalized spacial score (nSPS) is 15.4. The van der Waals surface area contributed by atoms with E-state index in [9.17, 15) is 0 Å². The molecule has 1 atom stereocenters. The van der Waals surface area contributed by atoms with Gasteiger partial charge in [0, 0.05) is 16.7 Å². The summed E-state index contributed by atoms with van der Waals surface area (Å²) in [5.41, 5.74) is 17.1. The zero-order valence-corrected chi connectivity index (χ0v) is 32.6. The van der Waals surface area contributed by atoms with Crippen molar-refractivity contribution in [1.29, 1.82) is 0 Å². The molecule has 0 fully saturated rings. The van der Waals surface area contributed by atoms with E-state index >= 15 is 0 Å². The maximum atomic E-state index is 5.35. The van der Waals surface area contributed by atoms with E-state index in [1.807, 2.05) is 6.07 Å². The Morgan fingerprint density at radius 1 is 0.424 bits per heavy atom. The third-order valence-electron chi connectivity index (χ3n) is 12.3. The molecule has 0 amide bonds. The maximum Gasteiger partial charge on any atom is 0.160 e. The number of aromatic nitrogens is 2. The van der Waals surface area contributed by atoms with Crippen molar-refractivity contribution in [3.63, 3.8) is 0 Å². The highest BCUT2D eigenvalue weighted by Gasteiger charge is 2.48. The number of allylic oxidation sites excluding steroid dienone is 4. The van der Waals surface area contributed by atoms with Crippen molar-refractivity contribution in [2.45, 2.75) is 18.3 Å². The topological polar surface area (TPSA) is 25.8 Å². The first-order valence-corrected chi connectivity index (χ1v) is 20.5. The van der Waals surface area contributed by atoms with E-state index in [0.717, 1.165) is 40.9 Å². The molecule has 1 heterocycles. The summed E-state index contributed by atoms with van der Waals surface area (Å²) in [6, 6.07) is 72.4. The highest BCUT2D eigenvalue weighted by Crippen LogP contribution is 2.61. The molecule has 8 aromatic carbocycles. The summed E-state index contributed by atoms with van der Waals surface area (Å²) in [4.78, 5) is 10.6. The summed E-state index contributed by atoms with van der Waals surface area (Å²) in [5.74, 6) is 0.709. The first-order chi connectivity index (χ1) is 29.3. The molecule has 2 aliphatic carbocycles. The molecule has 9 aromatic rings. The maximum absolute atomic E-state index is 5.35. The number of benzene rings is 8. The highest BCUT2D eigenvalue weighted by molar-refractivity contribution is 6.09. The minimum atomic E-state index is -0.522. The van der Waals surface area contributed by atoms with Crippen LogP contribution in [-0.2, 0) is 5.41 Å². The zero-order valence-electron chi connectivity index (χ0n) is 32.6. The molecular formula is C57H40N2. The largest absolute Gasteiger partial charge is 0.228 e. The number of rotatable bonds is 7. The highest BCUT2D eigenvalue weighted by atomic mass is 14.9. The van der Waals surface area contributed by atoms with Gasteiger partial charge in [-0.3, -0.25) is 0 Å². The molecule has 0 bridgehead atoms. The average Bonchev–Trinajstić information content (AvgIpc) is 3.61. The van der Waals surface area contributed by atoms with Gasteiger partial charge in [-0.2, -0.15) is 0 Å². The van der Waals surface area contributed by atoms with E-state index in [1.54, 1.807) is 0 Å². The van der Waals surface area contributed by atoms with Gasteiger partial charge in [0.1, 0.15) is 0 Å². The predicted octanol–water partition coefficient (Wildman–Crippen LogP) is 14.6. The lowest BCUT2D eigenvalue weighted by molar-refractivity contribution is 0.694. The molecule has 0 saturated heterocycles. The third kappa shape index (κ3) is 5.87. The first-order valence-electron chi connectivity index (χ1n) is 20.5. The van der Waals surface area contributed by atoms with Gasteiger partial charge < -0.3 is 0 Å². The molecule has 0 radical (unpaired) electrons. The second-order valence-corrected chi connectivity index (χ2v) is 15.6. The SMILES string of the molecule is C1=CCCC(C2(c3ccccc3)c3cc(-c4cc(-c5ccc(-c6ccccc6)cc5)nc(-c5ccccc5)n4)ccc3-c3c2cc2ccccc2c3-c2ccccc2)=C1. The van der Waals surface area contributed by atoms with E-state index in [2.05, 4.69) is 212 Å². The van der Waals surface area contributed by atoms with E-state index in [1.165, 1.54) is 66.4 Å². The van der Waals surface area contributed by atoms with Gasteiger partial charge >= 0.3 is 0 Å². The lowest BCUT2D eigenvalue weighted by Gasteiger charge is -2.37. The minimum absolute atomic E-state index is 0.522. The monoisotopic (exact) mass is 752 g/mol. The van der Waals surface area contributed by atoms with Crippen LogP contribution in [0.2, 0.25) is 0 Å². The fraction of sp³-hybridized carbons (Fsp3) is 0.0526. The van der Waals surface area contributed by atoms with Gasteiger partial charge in [-0.15, -0.1) is 0 Å². The number of hydrogen-bond donors (Lipinski definition) is 0. The summed E-state index contributed by atoms with van der Waals surface area (Å²) in [7, 11) is 0. The smallest absolute Gasteiger partial charge is 0.160 e. The van der Waals surface area contributed by atoms with Crippen molar-refractivity contribution < 1.29 is 0 Å². The second kappa shape index (κ2) is 14.5. The van der Waals surface area contributed by atoms with E-state index in [-0.39, 0.29) is 0 Å². The van der Waals surface area contributed by atoms with Gasteiger partial charge in [0.25, 0.3) is 0 Å². The number of nitrogens with zero attached hydrogens (tertiary/aromatic N) is 2. The van der Waals surface area contributed by atoms with Gasteiger partial charge in [0.15, 0.2) is 5.82 Å². The minimum Gasteiger partial charge on any atom is -0.228 e. The fourth-order valence-corrected chi connectivity index (χ4v) is 9.57. The molecule has 1 aromatic heterocycles. The Morgan fingerprint density at radius 2 is 1.00 bits per heavy atom. The van der Waals surface area contributed by atoms with E-state index < -0.39 is 5.41 Å². The van der Waals surface area contributed by atoms with Crippen LogP contribution in [0.3, 0.4) is 0 Å². The van der Waals surface area contributed by atoms with Crippen LogP contribution in [0.15, 0.2) is 224 Å². The second-order valence-electron chi connectivity index (χ2n) is 15.6. The Balaban J connectivity index is 1.18. The molecule has 0 N–H and O–H groups in total. The van der Waals surface area contributed by atoms with Crippen LogP contribution in [0.4, 0.5) is 0 Å². The Labute approximate surface area is 345 Å². The van der Waals surface area contributed by atoms with Crippen LogP contribution < -0.4 is 0 Å². The van der Waals surface area contributed by atoms with Crippen molar-refractivity contribution in [2.24, 2.45) is 0 Å². The summed E-state index contributed by atoms with van der Waals surface area (Å²) >= 11 is 0. The Morgan fingerprint density at radius 3 is 1.69 bits per heavy atom. The molecular weight excluding hydrogens is 713 g/mol. The Hall–Kier alpha value is -7.42. The molecule has 2 aliphatic rings. The molecule has 59 heavy (non-hydrogen) atoms. The van der Waals surface area contributed by atoms with Crippen LogP contribution in [0.25, 0.3) is 78.1 Å². The van der Waals surface area contributed by atoms with Crippen molar-refractivity contribution in [1.82, 2.24) is 9.97 Å². The summed E-state index contributed by atoms with van der Waals surface area (Å²) in [6.45, 7) is 0. The molecule has 2 nitrogen and oxygen atoms in total. The van der Waals surface area contributed by atoms with Crippen molar-refractivity contribution >= 4 is 10.8 Å². The zero-order chi connectivity index (χ0) is 39.2. The van der Waals surface area contributed by atoms with Gasteiger partial charge in [0.05, 0.1) is 16.8 Å². The fourth-order valence-electron chi connectivity index (χ4n) is 9.57. The van der Waals surface area contributed by atoms with Crippen LogP contribution >= 0.6 is 0 Å². The van der Waals surface area contributed by atoms with Gasteiger partial charge in [-0.1, -0.05) is 206 Å². The Bertz CT molecular complexity index is 3060. The number of hydrogen-bond acceptors (Lipinski definition) is 2. The molecule has 1 unspecified atom stereocenters. The molecule has 11 rings (SSSR count). The van der Waals surface area contributed by atoms with Crippen molar-refractivity contribution in [2.75, 3.05) is 0 Å². The van der Waals surface area contributed by atoms with Crippen molar-refractivity contribution in [3.05, 3.63) is 241 Å². The lowest BCUT2D eigenvalue weighted by atomic mass is 9.65. The molecule has 0 spiro atoms. The average molecular weight is 753 g/mol. The Kier molecular flexibility index (Phi) is 8.56. The standard InChI is InChI=1S/C57H40N2/c1-6-18-39(19-7-1)40-30-32-41(33-31-40)52-38-53(59-56(58-52)43-22-10-3-11-23-43)45-34-35-49-50(37-45)57(46-25-12-4-13-26-46,47-27-14-5-15-28-47)51-36-44-24-16-17-29-48(44)54(55(49)51)42-20-8-2-9-21-42/h1-14,16-27,29-38H,15,28H2. The van der Waals surface area contributed by atoms with E-state index in [4.69, 9.17) is 9.97 Å². The van der Waals surface area contributed by atoms with Crippen molar-refractivity contribution in [3.8, 4) is 67.3 Å². The molecule has 0 aliphatic heterocycles. The molecule has 2 heteroatoms. The van der Waals surface area contributed by atoms with E-state index in [0.29, 0.717) is 5.82 Å². The van der Waals surface area contributed by atoms with Crippen LogP contribution in [0, 0.1) is 0 Å². The molecule has 0 saturated carbocycles. The predicted molar refractivity (Wildman–Crippen MR) is 245 cm³/mol. The van der Waals surface area contributed by atoms with Gasteiger partial charge in [-0.25, -0.2) is 9.97 Å². The van der Waals surface area contributed by atoms with Gasteiger partial charge in [-0.05, 0) is 91.9 Å². The van der Waals surface area contributed by atoms with Crippen LogP contribution in [0.5, 0.6) is 0 Å². The van der Waals surface area contributed by atoms with Gasteiger partial charge in [0.2, 0.25) is 0 Å².